The molecule has 0 radical (unpaired) electrons. The van der Waals surface area contributed by atoms with E-state index in [1.807, 2.05) is 6.07 Å². The Morgan fingerprint density at radius 2 is 2.05 bits per heavy atom. The maximum Gasteiger partial charge on any atom is 0.260 e. The Hall–Kier alpha value is -1.90. The lowest BCUT2D eigenvalue weighted by atomic mass is 10.0. The van der Waals surface area contributed by atoms with Gasteiger partial charge in [0.15, 0.2) is 22.2 Å². The van der Waals surface area contributed by atoms with E-state index in [1.165, 1.54) is 11.3 Å². The van der Waals surface area contributed by atoms with E-state index < -0.39 is 11.5 Å². The van der Waals surface area contributed by atoms with E-state index in [4.69, 9.17) is 14.2 Å². The molecule has 0 spiro atoms. The predicted octanol–water partition coefficient (Wildman–Crippen LogP) is 1.16. The molecule has 22 heavy (non-hydrogen) atoms. The van der Waals surface area contributed by atoms with Crippen molar-refractivity contribution in [2.45, 2.75) is 12.0 Å². The molecule has 4 rings (SSSR count). The van der Waals surface area contributed by atoms with Crippen LogP contribution in [-0.2, 0) is 9.53 Å². The van der Waals surface area contributed by atoms with Gasteiger partial charge in [-0.15, -0.1) is 0 Å². The standard InChI is InChI=1S/C14H14N2O5S/c17-12(14(18)1-2-19-7-14)16-13-15-8-5-9-10(6-11(8)22-13)21-4-3-20-9/h5-6,18H,1-4,7H2,(H,15,16,17). The second-order valence-electron chi connectivity index (χ2n) is 5.27. The minimum Gasteiger partial charge on any atom is -0.486 e. The van der Waals surface area contributed by atoms with Crippen molar-refractivity contribution in [3.8, 4) is 11.5 Å². The minimum absolute atomic E-state index is 0.0136. The van der Waals surface area contributed by atoms with Crippen molar-refractivity contribution < 1.29 is 24.1 Å². The van der Waals surface area contributed by atoms with Crippen molar-refractivity contribution in [1.29, 1.82) is 0 Å². The molecule has 1 amide bonds. The first-order chi connectivity index (χ1) is 10.6. The van der Waals surface area contributed by atoms with Gasteiger partial charge < -0.3 is 19.3 Å². The average Bonchev–Trinajstić information content (AvgIpc) is 3.11. The van der Waals surface area contributed by atoms with Crippen LogP contribution in [0, 0.1) is 0 Å². The Labute approximate surface area is 129 Å². The van der Waals surface area contributed by atoms with Crippen LogP contribution in [0.25, 0.3) is 10.2 Å². The van der Waals surface area contributed by atoms with Crippen LogP contribution in [0.3, 0.4) is 0 Å². The van der Waals surface area contributed by atoms with Crippen molar-refractivity contribution in [2.75, 3.05) is 31.7 Å². The number of aliphatic hydroxyl groups is 1. The van der Waals surface area contributed by atoms with Gasteiger partial charge in [-0.2, -0.15) is 0 Å². The minimum atomic E-state index is -1.47. The molecule has 1 unspecified atom stereocenters. The fraction of sp³-hybridized carbons (Fsp3) is 0.429. The maximum absolute atomic E-state index is 12.1. The molecule has 8 heteroatoms. The van der Waals surface area contributed by atoms with Crippen LogP contribution >= 0.6 is 11.3 Å². The third-order valence-corrected chi connectivity index (χ3v) is 4.63. The second-order valence-corrected chi connectivity index (χ2v) is 6.30. The zero-order valence-electron chi connectivity index (χ0n) is 11.6. The fourth-order valence-electron chi connectivity index (χ4n) is 2.47. The summed E-state index contributed by atoms with van der Waals surface area (Å²) in [6.07, 6.45) is 0.291. The van der Waals surface area contributed by atoms with Crippen molar-refractivity contribution in [1.82, 2.24) is 4.98 Å². The van der Waals surface area contributed by atoms with Gasteiger partial charge in [0, 0.05) is 18.6 Å². The van der Waals surface area contributed by atoms with Crippen LogP contribution in [0.1, 0.15) is 6.42 Å². The van der Waals surface area contributed by atoms with Gasteiger partial charge >= 0.3 is 0 Å². The van der Waals surface area contributed by atoms with Crippen molar-refractivity contribution >= 4 is 32.6 Å². The SMILES string of the molecule is O=C(Nc1nc2cc3c(cc2s1)OCCO3)C1(O)CCOC1. The highest BCUT2D eigenvalue weighted by atomic mass is 32.1. The van der Waals surface area contributed by atoms with E-state index in [0.717, 1.165) is 10.2 Å². The number of thiazole rings is 1. The summed E-state index contributed by atoms with van der Waals surface area (Å²) in [5.41, 5.74) is -0.747. The molecule has 3 heterocycles. The van der Waals surface area contributed by atoms with Crippen molar-refractivity contribution in [2.24, 2.45) is 0 Å². The van der Waals surface area contributed by atoms with Crippen LogP contribution in [0.15, 0.2) is 12.1 Å². The number of hydrogen-bond donors (Lipinski definition) is 2. The number of anilines is 1. The molecule has 2 N–H and O–H groups in total. The summed E-state index contributed by atoms with van der Waals surface area (Å²) in [5.74, 6) is 0.856. The molecule has 1 saturated heterocycles. The molecule has 1 fully saturated rings. The lowest BCUT2D eigenvalue weighted by Crippen LogP contribution is -2.43. The third kappa shape index (κ3) is 2.29. The summed E-state index contributed by atoms with van der Waals surface area (Å²) < 4.78 is 17.0. The van der Waals surface area contributed by atoms with Crippen LogP contribution in [-0.4, -0.2) is 48.0 Å². The highest BCUT2D eigenvalue weighted by Crippen LogP contribution is 2.38. The fourth-order valence-corrected chi connectivity index (χ4v) is 3.34. The Balaban J connectivity index is 1.61. The van der Waals surface area contributed by atoms with Gasteiger partial charge in [0.1, 0.15) is 13.2 Å². The number of rotatable bonds is 2. The molecule has 2 aliphatic rings. The van der Waals surface area contributed by atoms with E-state index in [1.54, 1.807) is 6.07 Å². The van der Waals surface area contributed by atoms with Crippen LogP contribution in [0.5, 0.6) is 11.5 Å². The summed E-state index contributed by atoms with van der Waals surface area (Å²) in [5, 5.41) is 13.3. The van der Waals surface area contributed by atoms with Gasteiger partial charge in [-0.05, 0) is 0 Å². The number of carbonyl (C=O) groups excluding carboxylic acids is 1. The van der Waals surface area contributed by atoms with Crippen LogP contribution in [0.4, 0.5) is 5.13 Å². The van der Waals surface area contributed by atoms with E-state index in [0.29, 0.717) is 42.9 Å². The Morgan fingerprint density at radius 3 is 2.77 bits per heavy atom. The Morgan fingerprint density at radius 1 is 1.27 bits per heavy atom. The highest BCUT2D eigenvalue weighted by molar-refractivity contribution is 7.22. The van der Waals surface area contributed by atoms with Crippen LogP contribution in [0.2, 0.25) is 0 Å². The summed E-state index contributed by atoms with van der Waals surface area (Å²) in [4.78, 5) is 16.5. The molecule has 1 aromatic carbocycles. The molecule has 116 valence electrons. The normalized spacial score (nSPS) is 23.7. The molecule has 2 aliphatic heterocycles. The van der Waals surface area contributed by atoms with Gasteiger partial charge in [0.2, 0.25) is 0 Å². The number of hydrogen-bond acceptors (Lipinski definition) is 7. The first-order valence-corrected chi connectivity index (χ1v) is 7.77. The van der Waals surface area contributed by atoms with Gasteiger partial charge in [-0.3, -0.25) is 10.1 Å². The quantitative estimate of drug-likeness (QED) is 0.862. The number of carbonyl (C=O) groups is 1. The van der Waals surface area contributed by atoms with Crippen molar-refractivity contribution in [3.63, 3.8) is 0 Å². The molecular weight excluding hydrogens is 308 g/mol. The first-order valence-electron chi connectivity index (χ1n) is 6.96. The smallest absolute Gasteiger partial charge is 0.260 e. The van der Waals surface area contributed by atoms with E-state index in [-0.39, 0.29) is 6.61 Å². The van der Waals surface area contributed by atoms with Gasteiger partial charge in [-0.25, -0.2) is 4.98 Å². The lowest BCUT2D eigenvalue weighted by molar-refractivity contribution is -0.133. The molecule has 2 aromatic rings. The highest BCUT2D eigenvalue weighted by Gasteiger charge is 2.40. The maximum atomic E-state index is 12.1. The predicted molar refractivity (Wildman–Crippen MR) is 79.6 cm³/mol. The third-order valence-electron chi connectivity index (χ3n) is 3.70. The molecule has 0 saturated carbocycles. The average molecular weight is 322 g/mol. The topological polar surface area (TPSA) is 89.9 Å². The molecule has 7 nitrogen and oxygen atoms in total. The van der Waals surface area contributed by atoms with E-state index >= 15 is 0 Å². The number of ether oxygens (including phenoxy) is 3. The zero-order valence-corrected chi connectivity index (χ0v) is 12.4. The Bertz CT molecular complexity index is 695. The van der Waals surface area contributed by atoms with Crippen molar-refractivity contribution in [3.05, 3.63) is 12.1 Å². The summed E-state index contributed by atoms with van der Waals surface area (Å²) in [6.45, 7) is 1.43. The molecule has 0 bridgehead atoms. The van der Waals surface area contributed by atoms with Crippen LogP contribution < -0.4 is 14.8 Å². The lowest BCUT2D eigenvalue weighted by Gasteiger charge is -2.17. The molecule has 1 atom stereocenters. The number of amides is 1. The summed E-state index contributed by atoms with van der Waals surface area (Å²) in [6, 6.07) is 3.65. The number of nitrogens with zero attached hydrogens (tertiary/aromatic N) is 1. The first kappa shape index (κ1) is 13.7. The molecule has 1 aromatic heterocycles. The number of fused-ring (bicyclic) bond motifs is 2. The zero-order chi connectivity index (χ0) is 15.2. The number of aromatic nitrogens is 1. The summed E-state index contributed by atoms with van der Waals surface area (Å²) in [7, 11) is 0. The summed E-state index contributed by atoms with van der Waals surface area (Å²) >= 11 is 1.33. The van der Waals surface area contributed by atoms with Gasteiger partial charge in [0.05, 0.1) is 23.4 Å². The molecule has 0 aliphatic carbocycles. The Kier molecular flexibility index (Phi) is 3.17. The van der Waals surface area contributed by atoms with E-state index in [9.17, 15) is 9.90 Å². The van der Waals surface area contributed by atoms with E-state index in [2.05, 4.69) is 10.3 Å². The van der Waals surface area contributed by atoms with Gasteiger partial charge in [-0.1, -0.05) is 11.3 Å². The molecular formula is C14H14N2O5S. The monoisotopic (exact) mass is 322 g/mol. The second kappa shape index (κ2) is 5.08. The number of nitrogens with one attached hydrogen (secondary N) is 1. The van der Waals surface area contributed by atoms with Gasteiger partial charge in [0.25, 0.3) is 5.91 Å². The largest absolute Gasteiger partial charge is 0.486 e. The number of benzene rings is 1.